The minimum absolute atomic E-state index is 0.231. The first kappa shape index (κ1) is 10.5. The number of aromatic nitrogens is 2. The Morgan fingerprint density at radius 1 is 1.73 bits per heavy atom. The quantitative estimate of drug-likeness (QED) is 0.831. The van der Waals surface area contributed by atoms with Crippen molar-refractivity contribution in [3.63, 3.8) is 0 Å². The van der Waals surface area contributed by atoms with Gasteiger partial charge in [-0.2, -0.15) is 5.10 Å². The van der Waals surface area contributed by atoms with E-state index in [-0.39, 0.29) is 10.6 Å². The lowest BCUT2D eigenvalue weighted by Gasteiger charge is -2.18. The SMILES string of the molecule is [CH2]C[C@@H]1CCN(c2cn[nH]c(=O)c2Cl)C1. The molecule has 1 radical (unpaired) electrons. The molecule has 1 aromatic rings. The van der Waals surface area contributed by atoms with Crippen molar-refractivity contribution < 1.29 is 0 Å². The van der Waals surface area contributed by atoms with E-state index in [0.29, 0.717) is 5.92 Å². The predicted octanol–water partition coefficient (Wildman–Crippen LogP) is 1.47. The summed E-state index contributed by atoms with van der Waals surface area (Å²) < 4.78 is 0. The largest absolute Gasteiger partial charge is 0.369 e. The van der Waals surface area contributed by atoms with Crippen LogP contribution in [-0.2, 0) is 0 Å². The Balaban J connectivity index is 2.24. The molecule has 0 amide bonds. The zero-order valence-corrected chi connectivity index (χ0v) is 9.13. The van der Waals surface area contributed by atoms with Gasteiger partial charge < -0.3 is 4.90 Å². The van der Waals surface area contributed by atoms with Crippen molar-refractivity contribution in [3.05, 3.63) is 28.5 Å². The molecule has 1 N–H and O–H groups in total. The lowest BCUT2D eigenvalue weighted by Crippen LogP contribution is -2.23. The molecule has 2 heterocycles. The molecular formula is C10H13ClN3O. The Hall–Kier alpha value is -1.03. The van der Waals surface area contributed by atoms with Crippen LogP contribution in [0.1, 0.15) is 12.8 Å². The number of aromatic amines is 1. The number of rotatable bonds is 2. The molecule has 1 saturated heterocycles. The average Bonchev–Trinajstić information content (AvgIpc) is 2.70. The number of halogens is 1. The van der Waals surface area contributed by atoms with Gasteiger partial charge in [-0.1, -0.05) is 18.5 Å². The van der Waals surface area contributed by atoms with Crippen LogP contribution in [0.3, 0.4) is 0 Å². The van der Waals surface area contributed by atoms with Crippen LogP contribution >= 0.6 is 11.6 Å². The summed E-state index contributed by atoms with van der Waals surface area (Å²) in [4.78, 5) is 13.4. The molecule has 1 aliphatic rings. The monoisotopic (exact) mass is 226 g/mol. The summed E-state index contributed by atoms with van der Waals surface area (Å²) in [6, 6.07) is 0. The average molecular weight is 227 g/mol. The Morgan fingerprint density at radius 3 is 3.20 bits per heavy atom. The van der Waals surface area contributed by atoms with Crippen molar-refractivity contribution in [1.29, 1.82) is 0 Å². The summed E-state index contributed by atoms with van der Waals surface area (Å²) in [7, 11) is 0. The number of hydrogen-bond acceptors (Lipinski definition) is 3. The van der Waals surface area contributed by atoms with E-state index in [9.17, 15) is 4.79 Å². The highest BCUT2D eigenvalue weighted by molar-refractivity contribution is 6.33. The Labute approximate surface area is 93.2 Å². The molecule has 1 aromatic heterocycles. The van der Waals surface area contributed by atoms with Crippen LogP contribution in [0, 0.1) is 12.8 Å². The maximum atomic E-state index is 11.3. The van der Waals surface area contributed by atoms with E-state index in [0.717, 1.165) is 31.6 Å². The number of H-pyrrole nitrogens is 1. The van der Waals surface area contributed by atoms with Crippen LogP contribution in [0.15, 0.2) is 11.0 Å². The zero-order chi connectivity index (χ0) is 10.8. The van der Waals surface area contributed by atoms with E-state index in [1.165, 1.54) is 0 Å². The maximum absolute atomic E-state index is 11.3. The number of hydrogen-bond donors (Lipinski definition) is 1. The zero-order valence-electron chi connectivity index (χ0n) is 8.37. The predicted molar refractivity (Wildman–Crippen MR) is 60.2 cm³/mol. The third-order valence-corrected chi connectivity index (χ3v) is 3.18. The molecule has 4 nitrogen and oxygen atoms in total. The van der Waals surface area contributed by atoms with Crippen molar-refractivity contribution in [2.75, 3.05) is 18.0 Å². The van der Waals surface area contributed by atoms with Crippen molar-refractivity contribution in [2.45, 2.75) is 12.8 Å². The van der Waals surface area contributed by atoms with Crippen LogP contribution in [0.5, 0.6) is 0 Å². The molecule has 2 rings (SSSR count). The third kappa shape index (κ3) is 2.00. The van der Waals surface area contributed by atoms with Gasteiger partial charge in [0.05, 0.1) is 11.9 Å². The molecular weight excluding hydrogens is 214 g/mol. The van der Waals surface area contributed by atoms with E-state index in [4.69, 9.17) is 11.6 Å². The van der Waals surface area contributed by atoms with Gasteiger partial charge in [0.2, 0.25) is 0 Å². The first-order chi connectivity index (χ1) is 7.22. The number of anilines is 1. The van der Waals surface area contributed by atoms with Crippen LogP contribution in [0.4, 0.5) is 5.69 Å². The van der Waals surface area contributed by atoms with Gasteiger partial charge in [-0.15, -0.1) is 0 Å². The first-order valence-electron chi connectivity index (χ1n) is 4.99. The fraction of sp³-hybridized carbons (Fsp3) is 0.500. The summed E-state index contributed by atoms with van der Waals surface area (Å²) in [5.74, 6) is 0.598. The van der Waals surface area contributed by atoms with Crippen molar-refractivity contribution in [3.8, 4) is 0 Å². The summed E-state index contributed by atoms with van der Waals surface area (Å²) in [5, 5.41) is 6.30. The van der Waals surface area contributed by atoms with Crippen LogP contribution in [0.2, 0.25) is 5.02 Å². The smallest absolute Gasteiger partial charge is 0.285 e. The van der Waals surface area contributed by atoms with Crippen molar-refractivity contribution >= 4 is 17.3 Å². The van der Waals surface area contributed by atoms with Crippen LogP contribution in [0.25, 0.3) is 0 Å². The molecule has 15 heavy (non-hydrogen) atoms. The minimum atomic E-state index is -0.327. The van der Waals surface area contributed by atoms with Gasteiger partial charge in [0, 0.05) is 13.1 Å². The summed E-state index contributed by atoms with van der Waals surface area (Å²) >= 11 is 5.92. The van der Waals surface area contributed by atoms with Gasteiger partial charge in [0.15, 0.2) is 0 Å². The maximum Gasteiger partial charge on any atom is 0.285 e. The van der Waals surface area contributed by atoms with E-state index in [1.54, 1.807) is 6.20 Å². The lowest BCUT2D eigenvalue weighted by molar-refractivity contribution is 0.597. The van der Waals surface area contributed by atoms with Crippen molar-refractivity contribution in [2.24, 2.45) is 5.92 Å². The summed E-state index contributed by atoms with van der Waals surface area (Å²) in [6.45, 7) is 5.73. The molecule has 0 bridgehead atoms. The second-order valence-corrected chi connectivity index (χ2v) is 4.17. The molecule has 5 heteroatoms. The third-order valence-electron chi connectivity index (χ3n) is 2.81. The second kappa shape index (κ2) is 4.23. The van der Waals surface area contributed by atoms with E-state index < -0.39 is 0 Å². The van der Waals surface area contributed by atoms with Crippen LogP contribution in [-0.4, -0.2) is 23.3 Å². The molecule has 0 saturated carbocycles. The minimum Gasteiger partial charge on any atom is -0.369 e. The van der Waals surface area contributed by atoms with Gasteiger partial charge in [0.25, 0.3) is 5.56 Å². The molecule has 0 aromatic carbocycles. The normalized spacial score (nSPS) is 20.9. The fourth-order valence-corrected chi connectivity index (χ4v) is 2.09. The van der Waals surface area contributed by atoms with Gasteiger partial charge >= 0.3 is 0 Å². The molecule has 0 spiro atoms. The Kier molecular flexibility index (Phi) is 2.95. The second-order valence-electron chi connectivity index (χ2n) is 3.79. The van der Waals surface area contributed by atoms with Gasteiger partial charge in [-0.25, -0.2) is 5.10 Å². The molecule has 1 aliphatic heterocycles. The van der Waals surface area contributed by atoms with E-state index in [1.807, 2.05) is 0 Å². The summed E-state index contributed by atoms with van der Waals surface area (Å²) in [5.41, 5.74) is 0.406. The van der Waals surface area contributed by atoms with Gasteiger partial charge in [0.1, 0.15) is 5.02 Å². The molecule has 81 valence electrons. The number of nitrogens with zero attached hydrogens (tertiary/aromatic N) is 2. The highest BCUT2D eigenvalue weighted by atomic mass is 35.5. The standard InChI is InChI=1S/C10H13ClN3O/c1-2-7-3-4-14(6-7)8-5-12-13-10(15)9(8)11/h5,7H,1-4,6H2,(H,13,15)/t7-/m1/s1. The highest BCUT2D eigenvalue weighted by Crippen LogP contribution is 2.28. The Bertz CT molecular complexity index is 404. The Morgan fingerprint density at radius 2 is 2.53 bits per heavy atom. The van der Waals surface area contributed by atoms with Gasteiger partial charge in [-0.3, -0.25) is 4.79 Å². The van der Waals surface area contributed by atoms with Crippen LogP contribution < -0.4 is 10.5 Å². The molecule has 0 aliphatic carbocycles. The molecule has 1 atom stereocenters. The van der Waals surface area contributed by atoms with Gasteiger partial charge in [-0.05, 0) is 18.8 Å². The number of nitrogens with one attached hydrogen (secondary N) is 1. The highest BCUT2D eigenvalue weighted by Gasteiger charge is 2.23. The molecule has 1 fully saturated rings. The van der Waals surface area contributed by atoms with Crippen molar-refractivity contribution in [1.82, 2.24) is 10.2 Å². The van der Waals surface area contributed by atoms with E-state index in [2.05, 4.69) is 22.0 Å². The summed E-state index contributed by atoms with van der Waals surface area (Å²) in [6.07, 6.45) is 3.63. The topological polar surface area (TPSA) is 49.0 Å². The fourth-order valence-electron chi connectivity index (χ4n) is 1.88. The van der Waals surface area contributed by atoms with E-state index >= 15 is 0 Å². The lowest BCUT2D eigenvalue weighted by atomic mass is 10.1. The molecule has 0 unspecified atom stereocenters. The first-order valence-corrected chi connectivity index (χ1v) is 5.37.